The van der Waals surface area contributed by atoms with E-state index in [0.29, 0.717) is 29.9 Å². The van der Waals surface area contributed by atoms with Gasteiger partial charge >= 0.3 is 0 Å². The number of nitriles is 1. The van der Waals surface area contributed by atoms with E-state index in [1.54, 1.807) is 26.0 Å². The number of nitrogens with one attached hydrogen (secondary N) is 1. The van der Waals surface area contributed by atoms with Crippen molar-refractivity contribution in [1.82, 2.24) is 0 Å². The van der Waals surface area contributed by atoms with Gasteiger partial charge in [-0.25, -0.2) is 12.8 Å². The van der Waals surface area contributed by atoms with E-state index >= 15 is 0 Å². The van der Waals surface area contributed by atoms with Crippen molar-refractivity contribution in [2.75, 3.05) is 5.75 Å². The molecule has 1 N–H and O–H groups in total. The normalized spacial score (nSPS) is 14.0. The summed E-state index contributed by atoms with van der Waals surface area (Å²) in [5.74, 6) is -0.596. The molecule has 1 unspecified atom stereocenters. The van der Waals surface area contributed by atoms with Crippen LogP contribution in [-0.4, -0.2) is 24.6 Å². The topological polar surface area (TPSA) is 91.0 Å². The van der Waals surface area contributed by atoms with E-state index in [9.17, 15) is 12.8 Å². The van der Waals surface area contributed by atoms with E-state index < -0.39 is 26.3 Å². The zero-order chi connectivity index (χ0) is 23.8. The number of nitrogens with zero attached hydrogens (tertiary/aromatic N) is 1. The first-order chi connectivity index (χ1) is 14.4. The molecule has 0 aliphatic rings. The summed E-state index contributed by atoms with van der Waals surface area (Å²) in [4.78, 5) is 0. The van der Waals surface area contributed by atoms with Crippen molar-refractivity contribution in [3.05, 3.63) is 65.7 Å². The van der Waals surface area contributed by atoms with Crippen LogP contribution in [0, 0.1) is 22.6 Å². The molecule has 0 saturated carbocycles. The summed E-state index contributed by atoms with van der Waals surface area (Å²) in [5, 5.41) is 17.2. The monoisotopic (exact) mass is 446 g/mol. The fourth-order valence-corrected chi connectivity index (χ4v) is 4.75. The number of hydrogen-bond donors (Lipinski definition) is 1. The summed E-state index contributed by atoms with van der Waals surface area (Å²) < 4.78 is 44.9. The summed E-state index contributed by atoms with van der Waals surface area (Å²) in [5.41, 5.74) is 0.711. The second-order valence-corrected chi connectivity index (χ2v) is 10.3. The van der Waals surface area contributed by atoms with Gasteiger partial charge in [-0.15, -0.1) is 0 Å². The van der Waals surface area contributed by atoms with Gasteiger partial charge in [-0.05, 0) is 62.1 Å². The lowest BCUT2D eigenvalue weighted by molar-refractivity contribution is 0.407. The Labute approximate surface area is 185 Å². The van der Waals surface area contributed by atoms with E-state index in [1.165, 1.54) is 38.1 Å². The van der Waals surface area contributed by atoms with Crippen molar-refractivity contribution in [3.8, 4) is 11.8 Å². The minimum atomic E-state index is -3.70. The molecule has 0 bridgehead atoms. The zero-order valence-corrected chi connectivity index (χ0v) is 19.6. The molecule has 0 spiro atoms. The maximum absolute atomic E-state index is 14.5. The van der Waals surface area contributed by atoms with E-state index in [0.717, 1.165) is 0 Å². The highest BCUT2D eigenvalue weighted by Gasteiger charge is 2.38. The first-order valence-electron chi connectivity index (χ1n) is 10.1. The third-order valence-electron chi connectivity index (χ3n) is 5.17. The third kappa shape index (κ3) is 6.63. The van der Waals surface area contributed by atoms with Crippen molar-refractivity contribution in [1.29, 1.82) is 10.7 Å². The molecule has 5 nitrogen and oxygen atoms in total. The Balaban J connectivity index is 3.22. The van der Waals surface area contributed by atoms with Crippen LogP contribution in [0.25, 0.3) is 0 Å². The maximum Gasteiger partial charge on any atom is 0.161 e. The van der Waals surface area contributed by atoms with E-state index in [1.807, 2.05) is 13.0 Å². The summed E-state index contributed by atoms with van der Waals surface area (Å²) in [6, 6.07) is 6.22. The average Bonchev–Trinajstić information content (AvgIpc) is 2.72. The zero-order valence-electron chi connectivity index (χ0n) is 18.8. The molecule has 7 heteroatoms. The van der Waals surface area contributed by atoms with Gasteiger partial charge in [0.1, 0.15) is 22.1 Å². The smallest absolute Gasteiger partial charge is 0.161 e. The maximum atomic E-state index is 14.5. The summed E-state index contributed by atoms with van der Waals surface area (Å²) in [7, 11) is -3.70. The van der Waals surface area contributed by atoms with Gasteiger partial charge in [-0.3, -0.25) is 0 Å². The average molecular weight is 447 g/mol. The molecule has 0 fully saturated rings. The first-order valence-corrected chi connectivity index (χ1v) is 11.8. The predicted octanol–water partition coefficient (Wildman–Crippen LogP) is 5.86. The Bertz CT molecular complexity index is 1030. The molecule has 1 atom stereocenters. The number of ether oxygens (including phenoxy) is 1. The Hall–Kier alpha value is -2.72. The molecule has 0 aliphatic heterocycles. The van der Waals surface area contributed by atoms with E-state index in [2.05, 4.69) is 6.58 Å². The molecular weight excluding hydrogens is 415 g/mol. The van der Waals surface area contributed by atoms with Gasteiger partial charge in [0.25, 0.3) is 0 Å². The molecule has 0 aliphatic carbocycles. The Morgan fingerprint density at radius 1 is 1.35 bits per heavy atom. The van der Waals surface area contributed by atoms with Gasteiger partial charge in [0.2, 0.25) is 0 Å². The second-order valence-electron chi connectivity index (χ2n) is 7.74. The predicted molar refractivity (Wildman–Crippen MR) is 124 cm³/mol. The van der Waals surface area contributed by atoms with Crippen LogP contribution < -0.4 is 4.74 Å². The highest BCUT2D eigenvalue weighted by Crippen LogP contribution is 2.30. The summed E-state index contributed by atoms with van der Waals surface area (Å²) in [6.07, 6.45) is 5.46. The molecule has 0 radical (unpaired) electrons. The highest BCUT2D eigenvalue weighted by molar-refractivity contribution is 7.93. The number of rotatable bonds is 11. The summed E-state index contributed by atoms with van der Waals surface area (Å²) >= 11 is 0. The minimum Gasteiger partial charge on any atom is -0.462 e. The largest absolute Gasteiger partial charge is 0.462 e. The van der Waals surface area contributed by atoms with Crippen LogP contribution in [0.1, 0.15) is 58.9 Å². The molecule has 168 valence electrons. The van der Waals surface area contributed by atoms with Crippen molar-refractivity contribution >= 4 is 15.5 Å². The Morgan fingerprint density at radius 2 is 2.00 bits per heavy atom. The van der Waals surface area contributed by atoms with E-state index in [-0.39, 0.29) is 17.0 Å². The number of benzene rings is 1. The van der Waals surface area contributed by atoms with Crippen LogP contribution in [-0.2, 0) is 9.84 Å². The number of allylic oxidation sites excluding steroid dienone is 5. The van der Waals surface area contributed by atoms with Crippen molar-refractivity contribution in [3.63, 3.8) is 0 Å². The van der Waals surface area contributed by atoms with Crippen LogP contribution in [0.5, 0.6) is 5.75 Å². The molecule has 1 rings (SSSR count). The lowest BCUT2D eigenvalue weighted by Gasteiger charge is -2.27. The lowest BCUT2D eigenvalue weighted by Crippen LogP contribution is -2.42. The SMILES string of the molecule is C=C/C=C(C#N)\C=C(/CC)Oc1ccc(F)c(C(C)CS(=O)(=O)C(C)(C)C(=N)CC)c1. The number of sulfone groups is 1. The van der Waals surface area contributed by atoms with Crippen molar-refractivity contribution < 1.29 is 17.5 Å². The lowest BCUT2D eigenvalue weighted by atomic mass is 10.0. The fraction of sp³-hybridized carbons (Fsp3) is 0.417. The summed E-state index contributed by atoms with van der Waals surface area (Å²) in [6.45, 7) is 11.8. The molecule has 1 aromatic rings. The van der Waals surface area contributed by atoms with Gasteiger partial charge < -0.3 is 10.1 Å². The quantitative estimate of drug-likeness (QED) is 0.199. The van der Waals surface area contributed by atoms with Crippen molar-refractivity contribution in [2.24, 2.45) is 0 Å². The minimum absolute atomic E-state index is 0.121. The van der Waals surface area contributed by atoms with Gasteiger partial charge in [-0.2, -0.15) is 5.26 Å². The Morgan fingerprint density at radius 3 is 2.52 bits per heavy atom. The molecule has 0 heterocycles. The van der Waals surface area contributed by atoms with E-state index in [4.69, 9.17) is 15.4 Å². The van der Waals surface area contributed by atoms with Gasteiger partial charge in [0, 0.05) is 12.1 Å². The van der Waals surface area contributed by atoms with Crippen LogP contribution in [0.3, 0.4) is 0 Å². The molecule has 31 heavy (non-hydrogen) atoms. The second kappa shape index (κ2) is 11.1. The Kier molecular flexibility index (Phi) is 9.39. The first kappa shape index (κ1) is 26.3. The molecule has 0 amide bonds. The van der Waals surface area contributed by atoms with Gasteiger partial charge in [0.15, 0.2) is 9.84 Å². The van der Waals surface area contributed by atoms with Crippen LogP contribution >= 0.6 is 0 Å². The highest BCUT2D eigenvalue weighted by atomic mass is 32.2. The number of hydrogen-bond acceptors (Lipinski definition) is 5. The third-order valence-corrected chi connectivity index (χ3v) is 7.91. The standard InChI is InChI=1S/C24H31FN2O3S/c1-7-10-18(15-26)13-19(8-2)30-20-11-12-22(25)21(14-20)17(4)16-31(28,29)24(5,6)23(27)9-3/h7,10-14,17,27H,1,8-9,16H2,2-6H3/b18-10+,19-13+,27-23?. The number of halogens is 1. The molecule has 1 aromatic carbocycles. The van der Waals surface area contributed by atoms with Crippen molar-refractivity contribution in [2.45, 2.75) is 58.1 Å². The molecular formula is C24H31FN2O3S. The van der Waals surface area contributed by atoms with Gasteiger partial charge in [-0.1, -0.05) is 33.4 Å². The molecule has 0 saturated heterocycles. The van der Waals surface area contributed by atoms with Crippen LogP contribution in [0.4, 0.5) is 4.39 Å². The van der Waals surface area contributed by atoms with Crippen LogP contribution in [0.15, 0.2) is 54.3 Å². The van der Waals surface area contributed by atoms with Gasteiger partial charge in [0.05, 0.1) is 17.4 Å². The van der Waals surface area contributed by atoms with Crippen LogP contribution in [0.2, 0.25) is 0 Å². The molecule has 0 aromatic heterocycles. The fourth-order valence-electron chi connectivity index (χ4n) is 2.98.